The number of nitrogens with zero attached hydrogens (tertiary/aromatic N) is 2. The lowest BCUT2D eigenvalue weighted by Crippen LogP contribution is -2.47. The molecule has 1 heterocycles. The zero-order chi connectivity index (χ0) is 13.4. The molecule has 0 aliphatic carbocycles. The highest BCUT2D eigenvalue weighted by Crippen LogP contribution is 2.14. The molecule has 0 aliphatic rings. The number of hydrogen-bond donors (Lipinski definition) is 1. The fraction of sp³-hybridized carbons (Fsp3) is 0.182. The van der Waals surface area contributed by atoms with E-state index in [1.165, 1.54) is 7.05 Å². The van der Waals surface area contributed by atoms with Gasteiger partial charge in [0.2, 0.25) is 0 Å². The van der Waals surface area contributed by atoms with Gasteiger partial charge in [-0.15, -0.1) is 0 Å². The largest absolute Gasteiger partial charge is 0.340 e. The van der Waals surface area contributed by atoms with Crippen molar-refractivity contribution in [1.29, 1.82) is 0 Å². The number of aromatic nitrogens is 3. The Labute approximate surface area is 115 Å². The fourth-order valence-electron chi connectivity index (χ4n) is 1.55. The Hall–Kier alpha value is -1.64. The molecule has 0 radical (unpaired) electrons. The summed E-state index contributed by atoms with van der Waals surface area (Å²) < 4.78 is 2.82. The molecule has 0 saturated carbocycles. The zero-order valence-electron chi connectivity index (χ0n) is 9.73. The van der Waals surface area contributed by atoms with Crippen molar-refractivity contribution in [3.05, 3.63) is 58.8 Å². The lowest BCUT2D eigenvalue weighted by atomic mass is 10.2. The second-order valence-corrected chi connectivity index (χ2v) is 5.01. The molecule has 0 fully saturated rings. The van der Waals surface area contributed by atoms with Crippen LogP contribution in [0.4, 0.5) is 0 Å². The summed E-state index contributed by atoms with van der Waals surface area (Å²) in [7, 11) is 1.32. The molecule has 1 N–H and O–H groups in total. The first-order valence-electron chi connectivity index (χ1n) is 5.10. The van der Waals surface area contributed by atoms with Crippen LogP contribution in [-0.4, -0.2) is 14.1 Å². The molecule has 7 heteroatoms. The van der Waals surface area contributed by atoms with Gasteiger partial charge in [0, 0.05) is 10.6 Å². The van der Waals surface area contributed by atoms with Gasteiger partial charge in [0.1, 0.15) is 0 Å². The van der Waals surface area contributed by atoms with Crippen LogP contribution in [0.5, 0.6) is 0 Å². The van der Waals surface area contributed by atoms with Crippen molar-refractivity contribution in [2.45, 2.75) is 6.92 Å². The summed E-state index contributed by atoms with van der Waals surface area (Å²) in [5, 5.41) is 0. The summed E-state index contributed by atoms with van der Waals surface area (Å²) in [5.41, 5.74) is -0.723. The molecule has 0 unspecified atom stereocenters. The predicted octanol–water partition coefficient (Wildman–Crippen LogP) is 0.138. The number of aryl methyl sites for hydroxylation is 1. The molecule has 0 aliphatic heterocycles. The number of H-pyrrole nitrogens is 1. The number of aromatic amines is 1. The first-order valence-corrected chi connectivity index (χ1v) is 6.18. The van der Waals surface area contributed by atoms with Gasteiger partial charge in [0.05, 0.1) is 5.69 Å². The third-order valence-electron chi connectivity index (χ3n) is 2.60. The Morgan fingerprint density at radius 2 is 1.83 bits per heavy atom. The number of halogens is 1. The van der Waals surface area contributed by atoms with E-state index in [4.69, 9.17) is 0 Å². The summed E-state index contributed by atoms with van der Waals surface area (Å²) in [6.07, 6.45) is 0. The van der Waals surface area contributed by atoms with Gasteiger partial charge in [0.15, 0.2) is 0 Å². The Morgan fingerprint density at radius 3 is 2.44 bits per heavy atom. The Kier molecular flexibility index (Phi) is 3.24. The van der Waals surface area contributed by atoms with Crippen molar-refractivity contribution in [2.24, 2.45) is 7.05 Å². The molecule has 0 spiro atoms. The highest BCUT2D eigenvalue weighted by Gasteiger charge is 2.09. The van der Waals surface area contributed by atoms with Crippen molar-refractivity contribution in [2.75, 3.05) is 0 Å². The molecule has 6 nitrogen and oxygen atoms in total. The molecule has 1 aromatic heterocycles. The van der Waals surface area contributed by atoms with Crippen molar-refractivity contribution < 1.29 is 0 Å². The molecule has 0 saturated heterocycles. The van der Waals surface area contributed by atoms with Crippen LogP contribution >= 0.6 is 22.6 Å². The minimum atomic E-state index is -0.733. The number of rotatable bonds is 1. The summed E-state index contributed by atoms with van der Waals surface area (Å²) >= 11 is 2.16. The van der Waals surface area contributed by atoms with Crippen LogP contribution in [-0.2, 0) is 7.05 Å². The molecule has 0 amide bonds. The number of hydrogen-bond acceptors (Lipinski definition) is 3. The van der Waals surface area contributed by atoms with E-state index < -0.39 is 17.1 Å². The Balaban J connectivity index is 2.84. The summed E-state index contributed by atoms with van der Waals surface area (Å²) in [6.45, 7) is 1.88. The van der Waals surface area contributed by atoms with Crippen molar-refractivity contribution in [3.63, 3.8) is 0 Å². The van der Waals surface area contributed by atoms with Crippen LogP contribution in [0.1, 0.15) is 5.56 Å². The zero-order valence-corrected chi connectivity index (χ0v) is 11.9. The van der Waals surface area contributed by atoms with E-state index in [2.05, 4.69) is 27.6 Å². The normalized spacial score (nSPS) is 10.6. The third-order valence-corrected chi connectivity index (χ3v) is 3.81. The fourth-order valence-corrected chi connectivity index (χ4v) is 1.89. The molecule has 0 atom stereocenters. The maximum absolute atomic E-state index is 11.9. The van der Waals surface area contributed by atoms with Crippen LogP contribution in [0.2, 0.25) is 0 Å². The van der Waals surface area contributed by atoms with Gasteiger partial charge in [-0.3, -0.25) is 4.98 Å². The number of nitrogens with one attached hydrogen (secondary N) is 1. The van der Waals surface area contributed by atoms with E-state index >= 15 is 0 Å². The second-order valence-electron chi connectivity index (χ2n) is 3.85. The van der Waals surface area contributed by atoms with Gasteiger partial charge >= 0.3 is 17.1 Å². The van der Waals surface area contributed by atoms with E-state index in [9.17, 15) is 14.4 Å². The molecule has 2 rings (SSSR count). The SMILES string of the molecule is Cc1cc(-n2c(=O)[nH]c(=O)n(C)c2=O)ccc1I. The second kappa shape index (κ2) is 4.56. The highest BCUT2D eigenvalue weighted by atomic mass is 127. The Bertz CT molecular complexity index is 785. The van der Waals surface area contributed by atoms with Gasteiger partial charge in [-0.05, 0) is 53.3 Å². The van der Waals surface area contributed by atoms with Crippen molar-refractivity contribution >= 4 is 22.6 Å². The van der Waals surface area contributed by atoms with E-state index in [1.54, 1.807) is 12.1 Å². The monoisotopic (exact) mass is 359 g/mol. The summed E-state index contributed by atoms with van der Waals surface area (Å²) in [5.74, 6) is 0. The molecule has 18 heavy (non-hydrogen) atoms. The highest BCUT2D eigenvalue weighted by molar-refractivity contribution is 14.1. The van der Waals surface area contributed by atoms with Gasteiger partial charge in [-0.25, -0.2) is 23.5 Å². The molecule has 2 aromatic rings. The smallest absolute Gasteiger partial charge is 0.258 e. The van der Waals surface area contributed by atoms with Crippen LogP contribution in [0, 0.1) is 10.5 Å². The lowest BCUT2D eigenvalue weighted by Gasteiger charge is -2.07. The van der Waals surface area contributed by atoms with Crippen molar-refractivity contribution in [3.8, 4) is 5.69 Å². The lowest BCUT2D eigenvalue weighted by molar-refractivity contribution is 0.660. The summed E-state index contributed by atoms with van der Waals surface area (Å²) in [6, 6.07) is 5.20. The van der Waals surface area contributed by atoms with Crippen LogP contribution < -0.4 is 17.1 Å². The van der Waals surface area contributed by atoms with Gasteiger partial charge in [0.25, 0.3) is 0 Å². The van der Waals surface area contributed by atoms with Crippen LogP contribution in [0.15, 0.2) is 32.6 Å². The maximum atomic E-state index is 11.9. The van der Waals surface area contributed by atoms with E-state index in [0.29, 0.717) is 5.69 Å². The maximum Gasteiger partial charge on any atom is 0.340 e. The van der Waals surface area contributed by atoms with Gasteiger partial charge < -0.3 is 0 Å². The molecule has 94 valence electrons. The minimum Gasteiger partial charge on any atom is -0.258 e. The van der Waals surface area contributed by atoms with E-state index in [0.717, 1.165) is 18.3 Å². The Morgan fingerprint density at radius 1 is 1.17 bits per heavy atom. The summed E-state index contributed by atoms with van der Waals surface area (Å²) in [4.78, 5) is 37.0. The molecular weight excluding hydrogens is 349 g/mol. The van der Waals surface area contributed by atoms with Crippen LogP contribution in [0.3, 0.4) is 0 Å². The van der Waals surface area contributed by atoms with Crippen LogP contribution in [0.25, 0.3) is 5.69 Å². The van der Waals surface area contributed by atoms with Gasteiger partial charge in [-0.1, -0.05) is 0 Å². The van der Waals surface area contributed by atoms with E-state index in [-0.39, 0.29) is 0 Å². The third kappa shape index (κ3) is 2.05. The number of benzene rings is 1. The minimum absolute atomic E-state index is 0.440. The molecular formula is C11H10IN3O3. The van der Waals surface area contributed by atoms with Crippen molar-refractivity contribution in [1.82, 2.24) is 14.1 Å². The van der Waals surface area contributed by atoms with Gasteiger partial charge in [-0.2, -0.15) is 0 Å². The first kappa shape index (κ1) is 12.8. The predicted molar refractivity (Wildman–Crippen MR) is 75.4 cm³/mol. The standard InChI is InChI=1S/C11H10IN3O3/c1-6-5-7(3-4-8(6)12)15-10(17)13-9(16)14(2)11(15)18/h3-5H,1-2H3,(H,13,16,17). The molecule has 1 aromatic carbocycles. The average molecular weight is 359 g/mol. The molecule has 0 bridgehead atoms. The average Bonchev–Trinajstić information content (AvgIpc) is 2.31. The quantitative estimate of drug-likeness (QED) is 0.736. The van der Waals surface area contributed by atoms with E-state index in [1.807, 2.05) is 13.0 Å². The topological polar surface area (TPSA) is 76.9 Å². The first-order chi connectivity index (χ1) is 8.41.